The highest BCUT2D eigenvalue weighted by atomic mass is 16.5. The fourth-order valence-electron chi connectivity index (χ4n) is 6.65. The summed E-state index contributed by atoms with van der Waals surface area (Å²) in [5.41, 5.74) is 2.59. The van der Waals surface area contributed by atoms with Crippen LogP contribution in [0.1, 0.15) is 58.1 Å². The van der Waals surface area contributed by atoms with Gasteiger partial charge >= 0.3 is 0 Å². The number of carbonyl (C=O) groups is 1. The molecule has 1 saturated heterocycles. The molecule has 1 N–H and O–H groups in total. The molecule has 4 heteroatoms. The Morgan fingerprint density at radius 1 is 1.32 bits per heavy atom. The van der Waals surface area contributed by atoms with E-state index in [1.807, 2.05) is 19.2 Å². The van der Waals surface area contributed by atoms with Crippen molar-refractivity contribution in [1.29, 1.82) is 0 Å². The van der Waals surface area contributed by atoms with E-state index in [4.69, 9.17) is 4.74 Å². The predicted octanol–water partition coefficient (Wildman–Crippen LogP) is 4.64. The minimum atomic E-state index is 0.112. The lowest BCUT2D eigenvalue weighted by atomic mass is 9.59. The van der Waals surface area contributed by atoms with Gasteiger partial charge in [-0.2, -0.15) is 0 Å². The van der Waals surface area contributed by atoms with Gasteiger partial charge in [0.1, 0.15) is 0 Å². The molecule has 3 fully saturated rings. The first kappa shape index (κ1) is 18.1. The van der Waals surface area contributed by atoms with Gasteiger partial charge in [0.15, 0.2) is 0 Å². The Kier molecular flexibility index (Phi) is 4.06. The number of aromatic nitrogens is 1. The summed E-state index contributed by atoms with van der Waals surface area (Å²) < 4.78 is 6.39. The summed E-state index contributed by atoms with van der Waals surface area (Å²) >= 11 is 0. The van der Waals surface area contributed by atoms with Crippen molar-refractivity contribution in [3.8, 4) is 0 Å². The van der Waals surface area contributed by atoms with Crippen LogP contribution in [0.2, 0.25) is 0 Å². The van der Waals surface area contributed by atoms with Crippen molar-refractivity contribution in [2.75, 3.05) is 6.61 Å². The first-order valence-electron chi connectivity index (χ1n) is 10.7. The Balaban J connectivity index is 1.52. The lowest BCUT2D eigenvalue weighted by Gasteiger charge is -2.53. The lowest BCUT2D eigenvalue weighted by molar-refractivity contribution is -0.137. The Hall–Kier alpha value is -1.94. The van der Waals surface area contributed by atoms with Crippen LogP contribution in [0, 0.1) is 22.7 Å². The highest BCUT2D eigenvalue weighted by molar-refractivity contribution is 5.79. The van der Waals surface area contributed by atoms with Gasteiger partial charge in [-0.25, -0.2) is 0 Å². The van der Waals surface area contributed by atoms with E-state index < -0.39 is 0 Å². The number of fused-ring (bicyclic) bond motifs is 2. The molecule has 1 amide bonds. The van der Waals surface area contributed by atoms with Gasteiger partial charge in [0, 0.05) is 30.7 Å². The molecule has 148 valence electrons. The number of nitrogens with zero attached hydrogens (tertiary/aromatic N) is 1. The van der Waals surface area contributed by atoms with Crippen molar-refractivity contribution in [2.24, 2.45) is 22.7 Å². The fraction of sp³-hybridized carbons (Fsp3) is 0.583. The highest BCUT2D eigenvalue weighted by Crippen LogP contribution is 2.70. The third kappa shape index (κ3) is 2.46. The smallest absolute Gasteiger partial charge is 0.219 e. The molecular formula is C24H30N2O2. The normalized spacial score (nSPS) is 35.7. The molecule has 1 aromatic carbocycles. The summed E-state index contributed by atoms with van der Waals surface area (Å²) in [5, 5.41) is 4.61. The van der Waals surface area contributed by atoms with Crippen LogP contribution >= 0.6 is 0 Å². The molecule has 2 aliphatic carbocycles. The summed E-state index contributed by atoms with van der Waals surface area (Å²) in [5.74, 6) is 1.29. The van der Waals surface area contributed by atoms with Crippen LogP contribution in [0.4, 0.5) is 0 Å². The van der Waals surface area contributed by atoms with Crippen LogP contribution in [-0.2, 0) is 9.53 Å². The summed E-state index contributed by atoms with van der Waals surface area (Å²) in [4.78, 5) is 16.8. The van der Waals surface area contributed by atoms with Gasteiger partial charge in [-0.05, 0) is 65.7 Å². The average Bonchev–Trinajstić information content (AvgIpc) is 3.20. The SMILES string of the molecule is CCC(=O)N[C@H]1C(C)(C)[C@@H]2C[C@@H]3[C@@H](c4ccc5ncccc5c4)OCC[C@@]31C2. The van der Waals surface area contributed by atoms with Crippen molar-refractivity contribution in [1.82, 2.24) is 10.3 Å². The first-order valence-corrected chi connectivity index (χ1v) is 10.7. The zero-order chi connectivity index (χ0) is 19.5. The van der Waals surface area contributed by atoms with E-state index >= 15 is 0 Å². The second-order valence-electron chi connectivity index (χ2n) is 9.65. The Morgan fingerprint density at radius 3 is 3.00 bits per heavy atom. The van der Waals surface area contributed by atoms with Crippen LogP contribution in [0.25, 0.3) is 10.9 Å². The van der Waals surface area contributed by atoms with Gasteiger partial charge in [-0.3, -0.25) is 9.78 Å². The number of hydrogen-bond donors (Lipinski definition) is 1. The molecule has 3 aliphatic rings. The summed E-state index contributed by atoms with van der Waals surface area (Å²) in [6.45, 7) is 7.43. The van der Waals surface area contributed by atoms with Crippen molar-refractivity contribution >= 4 is 16.8 Å². The third-order valence-corrected chi connectivity index (χ3v) is 8.09. The summed E-state index contributed by atoms with van der Waals surface area (Å²) in [6, 6.07) is 10.9. The molecule has 5 atom stereocenters. The van der Waals surface area contributed by atoms with E-state index in [-0.39, 0.29) is 28.9 Å². The number of hydrogen-bond acceptors (Lipinski definition) is 3. The number of ether oxygens (including phenoxy) is 1. The van der Waals surface area contributed by atoms with Gasteiger partial charge < -0.3 is 10.1 Å². The predicted molar refractivity (Wildman–Crippen MR) is 110 cm³/mol. The molecule has 2 aromatic rings. The molecule has 5 rings (SSSR count). The lowest BCUT2D eigenvalue weighted by Crippen LogP contribution is -2.58. The molecule has 0 radical (unpaired) electrons. The molecular weight excluding hydrogens is 348 g/mol. The highest BCUT2D eigenvalue weighted by Gasteiger charge is 2.68. The third-order valence-electron chi connectivity index (χ3n) is 8.09. The Labute approximate surface area is 167 Å². The number of carbonyl (C=O) groups excluding carboxylic acids is 1. The van der Waals surface area contributed by atoms with Crippen LogP contribution < -0.4 is 5.32 Å². The molecule has 28 heavy (non-hydrogen) atoms. The molecule has 1 spiro atoms. The fourth-order valence-corrected chi connectivity index (χ4v) is 6.65. The van der Waals surface area contributed by atoms with Crippen molar-refractivity contribution < 1.29 is 9.53 Å². The molecule has 2 heterocycles. The largest absolute Gasteiger partial charge is 0.373 e. The van der Waals surface area contributed by atoms with E-state index in [2.05, 4.69) is 48.4 Å². The van der Waals surface area contributed by atoms with Gasteiger partial charge in [-0.15, -0.1) is 0 Å². The quantitative estimate of drug-likeness (QED) is 0.846. The number of benzene rings is 1. The molecule has 4 nitrogen and oxygen atoms in total. The average molecular weight is 379 g/mol. The van der Waals surface area contributed by atoms with Gasteiger partial charge in [0.05, 0.1) is 11.6 Å². The topological polar surface area (TPSA) is 51.2 Å². The van der Waals surface area contributed by atoms with Gasteiger partial charge in [0.2, 0.25) is 5.91 Å². The van der Waals surface area contributed by atoms with Crippen LogP contribution in [0.3, 0.4) is 0 Å². The number of nitrogens with one attached hydrogen (secondary N) is 1. The van der Waals surface area contributed by atoms with Gasteiger partial charge in [-0.1, -0.05) is 32.9 Å². The number of pyridine rings is 1. The summed E-state index contributed by atoms with van der Waals surface area (Å²) in [6.07, 6.45) is 5.97. The monoisotopic (exact) mass is 378 g/mol. The zero-order valence-corrected chi connectivity index (χ0v) is 17.1. The van der Waals surface area contributed by atoms with Crippen molar-refractivity contribution in [2.45, 2.75) is 58.6 Å². The van der Waals surface area contributed by atoms with E-state index in [1.54, 1.807) is 0 Å². The van der Waals surface area contributed by atoms with Crippen LogP contribution in [0.5, 0.6) is 0 Å². The molecule has 1 aromatic heterocycles. The van der Waals surface area contributed by atoms with E-state index in [0.717, 1.165) is 18.5 Å². The summed E-state index contributed by atoms with van der Waals surface area (Å²) in [7, 11) is 0. The molecule has 0 unspecified atom stereocenters. The van der Waals surface area contributed by atoms with E-state index in [0.29, 0.717) is 18.3 Å². The standard InChI is InChI=1S/C24H30N2O2/c1-4-20(27)26-22-23(2,3)17-13-18-21(28-11-9-24(18,22)14-17)16-7-8-19-15(12-16)6-5-10-25-19/h5-8,10,12,17-18,21-22H,4,9,11,13-14H2,1-3H3,(H,26,27)/t17-,18-,21-,22+,24-/m1/s1. The maximum atomic E-state index is 12.4. The number of amides is 1. The number of rotatable bonds is 3. The van der Waals surface area contributed by atoms with Gasteiger partial charge in [0.25, 0.3) is 0 Å². The maximum Gasteiger partial charge on any atom is 0.219 e. The maximum absolute atomic E-state index is 12.4. The van der Waals surface area contributed by atoms with Crippen molar-refractivity contribution in [3.05, 3.63) is 42.1 Å². The molecule has 2 bridgehead atoms. The zero-order valence-electron chi connectivity index (χ0n) is 17.1. The Bertz CT molecular complexity index is 924. The van der Waals surface area contributed by atoms with Crippen LogP contribution in [-0.4, -0.2) is 23.5 Å². The second kappa shape index (κ2) is 6.28. The Morgan fingerprint density at radius 2 is 2.18 bits per heavy atom. The minimum Gasteiger partial charge on any atom is -0.373 e. The van der Waals surface area contributed by atoms with Crippen molar-refractivity contribution in [3.63, 3.8) is 0 Å². The van der Waals surface area contributed by atoms with E-state index in [9.17, 15) is 4.79 Å². The van der Waals surface area contributed by atoms with Crippen LogP contribution in [0.15, 0.2) is 36.5 Å². The first-order chi connectivity index (χ1) is 13.5. The van der Waals surface area contributed by atoms with E-state index in [1.165, 1.54) is 23.8 Å². The molecule has 2 saturated carbocycles. The second-order valence-corrected chi connectivity index (χ2v) is 9.65. The minimum absolute atomic E-state index is 0.112. The molecule has 1 aliphatic heterocycles.